The van der Waals surface area contributed by atoms with Crippen molar-refractivity contribution in [3.05, 3.63) is 35.4 Å². The van der Waals surface area contributed by atoms with Gasteiger partial charge in [-0.05, 0) is 25.0 Å². The third kappa shape index (κ3) is 3.56. The van der Waals surface area contributed by atoms with Crippen LogP contribution in [0.5, 0.6) is 0 Å². The van der Waals surface area contributed by atoms with Crippen LogP contribution >= 0.6 is 0 Å². The third-order valence-electron chi connectivity index (χ3n) is 2.96. The van der Waals surface area contributed by atoms with E-state index in [-0.39, 0.29) is 11.3 Å². The Morgan fingerprint density at radius 2 is 2.00 bits per heavy atom. The molecule has 0 saturated carbocycles. The Balaban J connectivity index is 2.76. The first-order chi connectivity index (χ1) is 7.84. The number of aliphatic hydroxyl groups excluding tert-OH is 1. The highest BCUT2D eigenvalue weighted by Crippen LogP contribution is 2.25. The molecule has 0 aliphatic carbocycles. The van der Waals surface area contributed by atoms with E-state index in [1.807, 2.05) is 12.1 Å². The van der Waals surface area contributed by atoms with Gasteiger partial charge >= 0.3 is 0 Å². The molecule has 0 saturated heterocycles. The van der Waals surface area contributed by atoms with Gasteiger partial charge in [0, 0.05) is 12.0 Å². The molecule has 0 aliphatic rings. The molecule has 94 valence electrons. The van der Waals surface area contributed by atoms with Gasteiger partial charge in [-0.1, -0.05) is 38.1 Å². The van der Waals surface area contributed by atoms with E-state index in [0.29, 0.717) is 6.54 Å². The number of hydrogen-bond acceptors (Lipinski definition) is 2. The number of amides is 1. The van der Waals surface area contributed by atoms with Crippen molar-refractivity contribution < 1.29 is 9.90 Å². The molecule has 1 amide bonds. The molecule has 1 atom stereocenters. The maximum Gasteiger partial charge on any atom is 0.248 e. The fourth-order valence-electron chi connectivity index (χ4n) is 1.88. The molecule has 1 aromatic rings. The number of nitrogens with one attached hydrogen (secondary N) is 1. The van der Waals surface area contributed by atoms with Crippen LogP contribution in [0.1, 0.15) is 31.9 Å². The summed E-state index contributed by atoms with van der Waals surface area (Å²) in [5.41, 5.74) is 2.28. The summed E-state index contributed by atoms with van der Waals surface area (Å²) in [6.07, 6.45) is -0.956. The molecule has 3 heteroatoms. The quantitative estimate of drug-likeness (QED) is 0.835. The molecule has 1 rings (SSSR count). The van der Waals surface area contributed by atoms with Crippen LogP contribution in [0.15, 0.2) is 24.3 Å². The SMILES string of the molecule is Cc1ccccc1C(C)(C)CNC(=O)C(C)O. The molecule has 0 heterocycles. The molecule has 0 aromatic heterocycles. The van der Waals surface area contributed by atoms with Crippen LogP contribution in [0.2, 0.25) is 0 Å². The largest absolute Gasteiger partial charge is 0.384 e. The molecular formula is C14H21NO2. The fraction of sp³-hybridized carbons (Fsp3) is 0.500. The number of hydrogen-bond donors (Lipinski definition) is 2. The van der Waals surface area contributed by atoms with E-state index in [1.165, 1.54) is 18.1 Å². The van der Waals surface area contributed by atoms with Crippen LogP contribution in [0.3, 0.4) is 0 Å². The van der Waals surface area contributed by atoms with Gasteiger partial charge < -0.3 is 10.4 Å². The van der Waals surface area contributed by atoms with Crippen LogP contribution in [0.4, 0.5) is 0 Å². The predicted molar refractivity (Wildman–Crippen MR) is 68.9 cm³/mol. The van der Waals surface area contributed by atoms with Gasteiger partial charge in [0.15, 0.2) is 0 Å². The predicted octanol–water partition coefficient (Wildman–Crippen LogP) is 1.77. The molecule has 3 nitrogen and oxygen atoms in total. The Morgan fingerprint density at radius 1 is 1.41 bits per heavy atom. The fourth-order valence-corrected chi connectivity index (χ4v) is 1.88. The topological polar surface area (TPSA) is 49.3 Å². The van der Waals surface area contributed by atoms with Gasteiger partial charge in [0.05, 0.1) is 0 Å². The summed E-state index contributed by atoms with van der Waals surface area (Å²) in [6, 6.07) is 8.14. The van der Waals surface area contributed by atoms with Gasteiger partial charge in [0.2, 0.25) is 5.91 Å². The molecule has 1 unspecified atom stereocenters. The van der Waals surface area contributed by atoms with E-state index in [4.69, 9.17) is 5.11 Å². The standard InChI is InChI=1S/C14H21NO2/c1-10-7-5-6-8-12(10)14(3,4)9-15-13(17)11(2)16/h5-8,11,16H,9H2,1-4H3,(H,15,17). The Bertz CT molecular complexity index is 397. The highest BCUT2D eigenvalue weighted by Gasteiger charge is 2.23. The number of aliphatic hydroxyl groups is 1. The van der Waals surface area contributed by atoms with Gasteiger partial charge in [-0.25, -0.2) is 0 Å². The van der Waals surface area contributed by atoms with Crippen molar-refractivity contribution >= 4 is 5.91 Å². The summed E-state index contributed by atoms with van der Waals surface area (Å²) < 4.78 is 0. The minimum Gasteiger partial charge on any atom is -0.384 e. The van der Waals surface area contributed by atoms with Crippen molar-refractivity contribution in [2.24, 2.45) is 0 Å². The van der Waals surface area contributed by atoms with Gasteiger partial charge in [-0.3, -0.25) is 4.79 Å². The van der Waals surface area contributed by atoms with Gasteiger partial charge in [-0.15, -0.1) is 0 Å². The van der Waals surface area contributed by atoms with Crippen molar-refractivity contribution in [1.29, 1.82) is 0 Å². The molecule has 0 fully saturated rings. The first-order valence-corrected chi connectivity index (χ1v) is 5.86. The summed E-state index contributed by atoms with van der Waals surface area (Å²) in [4.78, 5) is 11.3. The van der Waals surface area contributed by atoms with Crippen LogP contribution in [-0.4, -0.2) is 23.7 Å². The zero-order valence-corrected chi connectivity index (χ0v) is 10.9. The second kappa shape index (κ2) is 5.32. The average molecular weight is 235 g/mol. The summed E-state index contributed by atoms with van der Waals surface area (Å²) in [5, 5.41) is 11.9. The van der Waals surface area contributed by atoms with Crippen molar-refractivity contribution in [1.82, 2.24) is 5.32 Å². The van der Waals surface area contributed by atoms with Gasteiger partial charge in [0.25, 0.3) is 0 Å². The van der Waals surface area contributed by atoms with Gasteiger partial charge in [-0.2, -0.15) is 0 Å². The van der Waals surface area contributed by atoms with Crippen LogP contribution < -0.4 is 5.32 Å². The van der Waals surface area contributed by atoms with Crippen LogP contribution in [0, 0.1) is 6.92 Å². The summed E-state index contributed by atoms with van der Waals surface area (Å²) >= 11 is 0. The Labute approximate surface area is 103 Å². The first-order valence-electron chi connectivity index (χ1n) is 5.86. The molecule has 1 aromatic carbocycles. The molecule has 0 bridgehead atoms. The second-order valence-electron chi connectivity index (χ2n) is 5.09. The van der Waals surface area contributed by atoms with Crippen molar-refractivity contribution in [2.75, 3.05) is 6.54 Å². The highest BCUT2D eigenvalue weighted by atomic mass is 16.3. The average Bonchev–Trinajstić information content (AvgIpc) is 2.26. The van der Waals surface area contributed by atoms with E-state index >= 15 is 0 Å². The van der Waals surface area contributed by atoms with E-state index in [2.05, 4.69) is 38.2 Å². The van der Waals surface area contributed by atoms with Crippen molar-refractivity contribution in [2.45, 2.75) is 39.2 Å². The number of carbonyl (C=O) groups excluding carboxylic acids is 1. The van der Waals surface area contributed by atoms with Gasteiger partial charge in [0.1, 0.15) is 6.10 Å². The lowest BCUT2D eigenvalue weighted by Crippen LogP contribution is -2.41. The first kappa shape index (κ1) is 13.7. The van der Waals surface area contributed by atoms with E-state index in [9.17, 15) is 4.79 Å². The molecule has 0 aliphatic heterocycles. The highest BCUT2D eigenvalue weighted by molar-refractivity contribution is 5.80. The van der Waals surface area contributed by atoms with E-state index in [1.54, 1.807) is 0 Å². The lowest BCUT2D eigenvalue weighted by atomic mass is 9.82. The maximum atomic E-state index is 11.3. The number of carbonyl (C=O) groups is 1. The van der Waals surface area contributed by atoms with Crippen molar-refractivity contribution in [3.8, 4) is 0 Å². The van der Waals surface area contributed by atoms with E-state index in [0.717, 1.165) is 0 Å². The maximum absolute atomic E-state index is 11.3. The van der Waals surface area contributed by atoms with E-state index < -0.39 is 6.10 Å². The number of rotatable bonds is 4. The Morgan fingerprint density at radius 3 is 2.53 bits per heavy atom. The molecule has 2 N–H and O–H groups in total. The second-order valence-corrected chi connectivity index (χ2v) is 5.09. The Kier molecular flexibility index (Phi) is 4.29. The minimum atomic E-state index is -0.956. The Hall–Kier alpha value is -1.35. The molecular weight excluding hydrogens is 214 g/mol. The normalized spacial score (nSPS) is 13.2. The molecule has 0 radical (unpaired) electrons. The summed E-state index contributed by atoms with van der Waals surface area (Å²) in [6.45, 7) is 8.21. The smallest absolute Gasteiger partial charge is 0.248 e. The summed E-state index contributed by atoms with van der Waals surface area (Å²) in [5.74, 6) is -0.327. The van der Waals surface area contributed by atoms with Crippen molar-refractivity contribution in [3.63, 3.8) is 0 Å². The molecule has 0 spiro atoms. The molecule has 17 heavy (non-hydrogen) atoms. The number of benzene rings is 1. The third-order valence-corrected chi connectivity index (χ3v) is 2.96. The monoisotopic (exact) mass is 235 g/mol. The minimum absolute atomic E-state index is 0.143. The van der Waals surface area contributed by atoms with Crippen LogP contribution in [-0.2, 0) is 10.2 Å². The summed E-state index contributed by atoms with van der Waals surface area (Å²) in [7, 11) is 0. The zero-order valence-electron chi connectivity index (χ0n) is 10.9. The number of aryl methyl sites for hydroxylation is 1. The lowest BCUT2D eigenvalue weighted by Gasteiger charge is -2.27. The van der Waals surface area contributed by atoms with Crippen LogP contribution in [0.25, 0.3) is 0 Å². The lowest BCUT2D eigenvalue weighted by molar-refractivity contribution is -0.128. The zero-order chi connectivity index (χ0) is 13.1.